The van der Waals surface area contributed by atoms with Gasteiger partial charge in [0.05, 0.1) is 18.9 Å². The second-order valence-corrected chi connectivity index (χ2v) is 6.57. The van der Waals surface area contributed by atoms with E-state index in [1.807, 2.05) is 36.4 Å². The van der Waals surface area contributed by atoms with E-state index in [1.54, 1.807) is 13.0 Å². The number of hydrogen-bond donors (Lipinski definition) is 1. The fourth-order valence-electron chi connectivity index (χ4n) is 2.91. The van der Waals surface area contributed by atoms with Crippen molar-refractivity contribution in [3.05, 3.63) is 58.6 Å². The van der Waals surface area contributed by atoms with Crippen LogP contribution in [0.15, 0.2) is 42.5 Å². The predicted octanol–water partition coefficient (Wildman–Crippen LogP) is 3.98. The summed E-state index contributed by atoms with van der Waals surface area (Å²) in [6, 6.07) is 13.1. The van der Waals surface area contributed by atoms with Gasteiger partial charge in [-0.1, -0.05) is 29.8 Å². The Labute approximate surface area is 157 Å². The molecule has 3 rings (SSSR count). The Morgan fingerprint density at radius 3 is 2.88 bits per heavy atom. The maximum Gasteiger partial charge on any atom is 0.306 e. The molecule has 0 saturated carbocycles. The molecule has 0 bridgehead atoms. The Balaban J connectivity index is 1.65. The number of hydrogen-bond acceptors (Lipinski definition) is 4. The number of benzene rings is 2. The number of carbonyl (C=O) groups excluding carboxylic acids is 2. The van der Waals surface area contributed by atoms with E-state index in [0.29, 0.717) is 30.4 Å². The van der Waals surface area contributed by atoms with Gasteiger partial charge in [-0.25, -0.2) is 0 Å². The summed E-state index contributed by atoms with van der Waals surface area (Å²) in [5, 5.41) is 3.52. The van der Waals surface area contributed by atoms with Gasteiger partial charge in [0, 0.05) is 16.8 Å². The van der Waals surface area contributed by atoms with Crippen LogP contribution < -0.4 is 10.1 Å². The summed E-state index contributed by atoms with van der Waals surface area (Å²) < 4.78 is 10.7. The molecule has 1 aliphatic heterocycles. The highest BCUT2D eigenvalue weighted by molar-refractivity contribution is 6.30. The van der Waals surface area contributed by atoms with Crippen molar-refractivity contribution in [3.8, 4) is 5.75 Å². The first-order valence-electron chi connectivity index (χ1n) is 8.52. The highest BCUT2D eigenvalue weighted by Crippen LogP contribution is 2.31. The molecule has 1 amide bonds. The maximum atomic E-state index is 12.3. The summed E-state index contributed by atoms with van der Waals surface area (Å²) in [6.07, 6.45) is 0.598. The fraction of sp³-hybridized carbons (Fsp3) is 0.300. The van der Waals surface area contributed by atoms with Gasteiger partial charge in [-0.05, 0) is 42.7 Å². The average Bonchev–Trinajstić information content (AvgIpc) is 2.61. The van der Waals surface area contributed by atoms with E-state index in [0.717, 1.165) is 16.8 Å². The van der Waals surface area contributed by atoms with Crippen LogP contribution in [0.4, 0.5) is 5.69 Å². The van der Waals surface area contributed by atoms with Gasteiger partial charge in [0.1, 0.15) is 12.4 Å². The van der Waals surface area contributed by atoms with Crippen molar-refractivity contribution >= 4 is 29.2 Å². The predicted molar refractivity (Wildman–Crippen MR) is 99.3 cm³/mol. The zero-order chi connectivity index (χ0) is 18.5. The molecule has 0 radical (unpaired) electrons. The van der Waals surface area contributed by atoms with E-state index < -0.39 is 5.92 Å². The molecule has 1 N–H and O–H groups in total. The molecule has 0 aliphatic carbocycles. The molecular formula is C20H20ClNO4. The molecule has 6 heteroatoms. The lowest BCUT2D eigenvalue weighted by Crippen LogP contribution is -2.32. The number of halogens is 1. The Bertz CT molecular complexity index is 821. The van der Waals surface area contributed by atoms with Gasteiger partial charge in [0.2, 0.25) is 5.91 Å². The average molecular weight is 374 g/mol. The van der Waals surface area contributed by atoms with Crippen LogP contribution in [0.25, 0.3) is 0 Å². The largest absolute Gasteiger partial charge is 0.489 e. The van der Waals surface area contributed by atoms with Gasteiger partial charge in [0.25, 0.3) is 0 Å². The van der Waals surface area contributed by atoms with E-state index in [9.17, 15) is 9.59 Å². The molecule has 2 aromatic rings. The lowest BCUT2D eigenvalue weighted by molar-refractivity contribution is -0.145. The molecule has 0 spiro atoms. The lowest BCUT2D eigenvalue weighted by Gasteiger charge is -2.24. The summed E-state index contributed by atoms with van der Waals surface area (Å²) in [5.41, 5.74) is 2.67. The van der Waals surface area contributed by atoms with Crippen LogP contribution >= 0.6 is 11.6 Å². The van der Waals surface area contributed by atoms with Gasteiger partial charge >= 0.3 is 5.97 Å². The van der Waals surface area contributed by atoms with Gasteiger partial charge < -0.3 is 14.8 Å². The number of ether oxygens (including phenoxy) is 2. The Morgan fingerprint density at radius 1 is 1.27 bits per heavy atom. The molecular weight excluding hydrogens is 354 g/mol. The summed E-state index contributed by atoms with van der Waals surface area (Å²) in [4.78, 5) is 23.9. The summed E-state index contributed by atoms with van der Waals surface area (Å²) in [6.45, 7) is 2.45. The molecule has 2 aromatic carbocycles. The van der Waals surface area contributed by atoms with E-state index in [2.05, 4.69) is 5.32 Å². The number of anilines is 1. The summed E-state index contributed by atoms with van der Waals surface area (Å²) in [5.74, 6) is -0.261. The third-order valence-electron chi connectivity index (χ3n) is 4.19. The zero-order valence-corrected chi connectivity index (χ0v) is 15.2. The number of carbonyl (C=O) groups is 2. The minimum atomic E-state index is -0.403. The monoisotopic (exact) mass is 373 g/mol. The van der Waals surface area contributed by atoms with Gasteiger partial charge in [-0.2, -0.15) is 0 Å². The van der Waals surface area contributed by atoms with Crippen molar-refractivity contribution in [2.24, 2.45) is 5.92 Å². The molecule has 0 aromatic heterocycles. The van der Waals surface area contributed by atoms with Crippen LogP contribution in [-0.2, 0) is 27.4 Å². The molecule has 1 unspecified atom stereocenters. The van der Waals surface area contributed by atoms with Crippen LogP contribution in [0.3, 0.4) is 0 Å². The smallest absolute Gasteiger partial charge is 0.306 e. The van der Waals surface area contributed by atoms with E-state index >= 15 is 0 Å². The van der Waals surface area contributed by atoms with Crippen molar-refractivity contribution < 1.29 is 19.1 Å². The van der Waals surface area contributed by atoms with Gasteiger partial charge in [-0.15, -0.1) is 0 Å². The third-order valence-corrected chi connectivity index (χ3v) is 4.42. The molecule has 1 atom stereocenters. The van der Waals surface area contributed by atoms with Crippen molar-refractivity contribution in [3.63, 3.8) is 0 Å². The quantitative estimate of drug-likeness (QED) is 0.778. The van der Waals surface area contributed by atoms with Gasteiger partial charge in [0.15, 0.2) is 0 Å². The number of rotatable bonds is 6. The second-order valence-electron chi connectivity index (χ2n) is 6.14. The fourth-order valence-corrected chi connectivity index (χ4v) is 3.12. The molecule has 1 heterocycles. The molecule has 1 aliphatic rings. The first-order chi connectivity index (χ1) is 12.5. The maximum absolute atomic E-state index is 12.3. The Hall–Kier alpha value is -2.53. The number of esters is 1. The Kier molecular flexibility index (Phi) is 5.78. The van der Waals surface area contributed by atoms with Crippen LogP contribution in [-0.4, -0.2) is 18.5 Å². The van der Waals surface area contributed by atoms with Crippen molar-refractivity contribution in [1.29, 1.82) is 0 Å². The third kappa shape index (κ3) is 4.55. The minimum absolute atomic E-state index is 0.0894. The topological polar surface area (TPSA) is 64.6 Å². The molecule has 5 nitrogen and oxygen atoms in total. The zero-order valence-electron chi connectivity index (χ0n) is 14.5. The first-order valence-corrected chi connectivity index (χ1v) is 8.89. The van der Waals surface area contributed by atoms with Crippen LogP contribution in [0.2, 0.25) is 5.02 Å². The highest BCUT2D eigenvalue weighted by atomic mass is 35.5. The van der Waals surface area contributed by atoms with E-state index in [4.69, 9.17) is 21.1 Å². The van der Waals surface area contributed by atoms with Gasteiger partial charge in [-0.3, -0.25) is 9.59 Å². The van der Waals surface area contributed by atoms with Crippen molar-refractivity contribution in [1.82, 2.24) is 0 Å². The SMILES string of the molecule is CCOC(=O)CC1Cc2ccc(OCc3cccc(Cl)c3)cc2NC1=O. The Morgan fingerprint density at radius 2 is 2.12 bits per heavy atom. The van der Waals surface area contributed by atoms with Crippen LogP contribution in [0.5, 0.6) is 5.75 Å². The van der Waals surface area contributed by atoms with E-state index in [1.165, 1.54) is 0 Å². The van der Waals surface area contributed by atoms with Crippen LogP contribution in [0.1, 0.15) is 24.5 Å². The normalized spacial score (nSPS) is 15.8. The summed E-state index contributed by atoms with van der Waals surface area (Å²) in [7, 11) is 0. The molecule has 0 fully saturated rings. The van der Waals surface area contributed by atoms with Crippen molar-refractivity contribution in [2.75, 3.05) is 11.9 Å². The highest BCUT2D eigenvalue weighted by Gasteiger charge is 2.28. The molecule has 0 saturated heterocycles. The molecule has 26 heavy (non-hydrogen) atoms. The second kappa shape index (κ2) is 8.23. The van der Waals surface area contributed by atoms with E-state index in [-0.39, 0.29) is 18.3 Å². The number of fused-ring (bicyclic) bond motifs is 1. The van der Waals surface area contributed by atoms with Crippen LogP contribution in [0, 0.1) is 5.92 Å². The standard InChI is InChI=1S/C20H20ClNO4/c1-2-25-19(23)10-15-9-14-6-7-17(11-18(14)22-20(15)24)26-12-13-4-3-5-16(21)8-13/h3-8,11,15H,2,9-10,12H2,1H3,(H,22,24). The van der Waals surface area contributed by atoms with Crippen molar-refractivity contribution in [2.45, 2.75) is 26.4 Å². The molecule has 136 valence electrons. The minimum Gasteiger partial charge on any atom is -0.489 e. The summed E-state index contributed by atoms with van der Waals surface area (Å²) >= 11 is 5.97. The number of nitrogens with one attached hydrogen (secondary N) is 1. The first kappa shape index (κ1) is 18.3. The lowest BCUT2D eigenvalue weighted by atomic mass is 9.90. The number of amides is 1.